The lowest BCUT2D eigenvalue weighted by Gasteiger charge is -2.07. The fourth-order valence-electron chi connectivity index (χ4n) is 2.04. The second-order valence-corrected chi connectivity index (χ2v) is 4.39. The van der Waals surface area contributed by atoms with E-state index in [2.05, 4.69) is 15.6 Å². The molecule has 102 valence electrons. The Balaban J connectivity index is 2.27. The SMILES string of the molecule is Cc1noc(C)c1CNc1c(C(=O)O)c(C)nn1C. The van der Waals surface area contributed by atoms with Crippen molar-refractivity contribution in [2.45, 2.75) is 27.3 Å². The van der Waals surface area contributed by atoms with E-state index in [1.165, 1.54) is 4.68 Å². The number of carbonyl (C=O) groups is 1. The first kappa shape index (κ1) is 13.1. The normalized spacial score (nSPS) is 10.7. The summed E-state index contributed by atoms with van der Waals surface area (Å²) in [4.78, 5) is 11.2. The van der Waals surface area contributed by atoms with Crippen molar-refractivity contribution in [3.05, 3.63) is 28.3 Å². The minimum Gasteiger partial charge on any atom is -0.477 e. The molecular formula is C12H16N4O3. The summed E-state index contributed by atoms with van der Waals surface area (Å²) in [6.45, 7) is 5.79. The van der Waals surface area contributed by atoms with Gasteiger partial charge in [0.05, 0.1) is 11.4 Å². The maximum absolute atomic E-state index is 11.2. The van der Waals surface area contributed by atoms with Crippen LogP contribution < -0.4 is 5.32 Å². The zero-order chi connectivity index (χ0) is 14.2. The summed E-state index contributed by atoms with van der Waals surface area (Å²) >= 11 is 0. The molecule has 0 saturated carbocycles. The van der Waals surface area contributed by atoms with Gasteiger partial charge in [0.15, 0.2) is 0 Å². The second-order valence-electron chi connectivity index (χ2n) is 4.39. The van der Waals surface area contributed by atoms with Gasteiger partial charge in [-0.05, 0) is 20.8 Å². The molecule has 0 saturated heterocycles. The number of carboxylic acids is 1. The van der Waals surface area contributed by atoms with Gasteiger partial charge in [-0.2, -0.15) is 5.10 Å². The highest BCUT2D eigenvalue weighted by atomic mass is 16.5. The molecule has 2 N–H and O–H groups in total. The van der Waals surface area contributed by atoms with Gasteiger partial charge in [-0.15, -0.1) is 0 Å². The Bertz CT molecular complexity index is 608. The summed E-state index contributed by atoms with van der Waals surface area (Å²) in [5.74, 6) is 0.206. The summed E-state index contributed by atoms with van der Waals surface area (Å²) < 4.78 is 6.59. The molecule has 2 aromatic heterocycles. The van der Waals surface area contributed by atoms with Gasteiger partial charge in [0.25, 0.3) is 0 Å². The average Bonchev–Trinajstić information content (AvgIpc) is 2.77. The molecule has 0 aromatic carbocycles. The molecule has 0 bridgehead atoms. The lowest BCUT2D eigenvalue weighted by molar-refractivity contribution is 0.0697. The number of nitrogens with one attached hydrogen (secondary N) is 1. The van der Waals surface area contributed by atoms with Crippen LogP contribution >= 0.6 is 0 Å². The monoisotopic (exact) mass is 264 g/mol. The zero-order valence-corrected chi connectivity index (χ0v) is 11.3. The smallest absolute Gasteiger partial charge is 0.341 e. The molecule has 0 fully saturated rings. The maximum Gasteiger partial charge on any atom is 0.341 e. The van der Waals surface area contributed by atoms with Crippen molar-refractivity contribution in [2.75, 3.05) is 5.32 Å². The highest BCUT2D eigenvalue weighted by molar-refractivity contribution is 5.94. The van der Waals surface area contributed by atoms with Gasteiger partial charge in [0, 0.05) is 19.2 Å². The first-order valence-corrected chi connectivity index (χ1v) is 5.84. The third-order valence-electron chi connectivity index (χ3n) is 3.05. The summed E-state index contributed by atoms with van der Waals surface area (Å²) in [6, 6.07) is 0. The van der Waals surface area contributed by atoms with Crippen LogP contribution in [0.4, 0.5) is 5.82 Å². The highest BCUT2D eigenvalue weighted by Crippen LogP contribution is 2.21. The van der Waals surface area contributed by atoms with Crippen molar-refractivity contribution in [2.24, 2.45) is 7.05 Å². The van der Waals surface area contributed by atoms with E-state index >= 15 is 0 Å². The Morgan fingerprint density at radius 1 is 1.37 bits per heavy atom. The number of aryl methyl sites for hydroxylation is 4. The molecule has 0 radical (unpaired) electrons. The van der Waals surface area contributed by atoms with Crippen molar-refractivity contribution in [1.29, 1.82) is 0 Å². The van der Waals surface area contributed by atoms with Gasteiger partial charge in [-0.25, -0.2) is 4.79 Å². The van der Waals surface area contributed by atoms with Gasteiger partial charge >= 0.3 is 5.97 Å². The molecule has 0 aliphatic carbocycles. The van der Waals surface area contributed by atoms with Gasteiger partial charge in [0.1, 0.15) is 17.1 Å². The summed E-state index contributed by atoms with van der Waals surface area (Å²) in [7, 11) is 1.70. The van der Waals surface area contributed by atoms with E-state index in [-0.39, 0.29) is 5.56 Å². The quantitative estimate of drug-likeness (QED) is 0.872. The van der Waals surface area contributed by atoms with E-state index in [0.717, 1.165) is 17.0 Å². The molecule has 0 spiro atoms. The Morgan fingerprint density at radius 2 is 2.05 bits per heavy atom. The third-order valence-corrected chi connectivity index (χ3v) is 3.05. The van der Waals surface area contributed by atoms with Crippen molar-refractivity contribution >= 4 is 11.8 Å². The minimum absolute atomic E-state index is 0.189. The standard InChI is InChI=1S/C12H16N4O3/c1-6-9(8(3)19-15-6)5-13-11-10(12(17)18)7(2)14-16(11)4/h13H,5H2,1-4H3,(H,17,18). The van der Waals surface area contributed by atoms with Crippen LogP contribution in [0, 0.1) is 20.8 Å². The van der Waals surface area contributed by atoms with Gasteiger partial charge in [-0.1, -0.05) is 5.16 Å². The highest BCUT2D eigenvalue weighted by Gasteiger charge is 2.20. The number of hydrogen-bond donors (Lipinski definition) is 2. The fourth-order valence-corrected chi connectivity index (χ4v) is 2.04. The van der Waals surface area contributed by atoms with Gasteiger partial charge in [-0.3, -0.25) is 4.68 Å². The van der Waals surface area contributed by atoms with Gasteiger partial charge in [0.2, 0.25) is 0 Å². The number of rotatable bonds is 4. The molecule has 2 heterocycles. The Labute approximate surface area is 110 Å². The lowest BCUT2D eigenvalue weighted by Crippen LogP contribution is -2.09. The molecule has 0 atom stereocenters. The first-order chi connectivity index (χ1) is 8.91. The second kappa shape index (κ2) is 4.75. The number of aromatic carboxylic acids is 1. The minimum atomic E-state index is -0.994. The summed E-state index contributed by atoms with van der Waals surface area (Å²) in [5.41, 5.74) is 2.39. The van der Waals surface area contributed by atoms with Crippen LogP contribution in [-0.2, 0) is 13.6 Å². The van der Waals surface area contributed by atoms with Crippen LogP contribution in [0.1, 0.15) is 33.1 Å². The van der Waals surface area contributed by atoms with E-state index in [1.807, 2.05) is 13.8 Å². The molecule has 7 heteroatoms. The van der Waals surface area contributed by atoms with Gasteiger partial charge < -0.3 is 14.9 Å². The van der Waals surface area contributed by atoms with E-state index in [9.17, 15) is 9.90 Å². The summed E-state index contributed by atoms with van der Waals surface area (Å²) in [6.07, 6.45) is 0. The largest absolute Gasteiger partial charge is 0.477 e. The van der Waals surface area contributed by atoms with E-state index in [1.54, 1.807) is 14.0 Å². The van der Waals surface area contributed by atoms with Crippen molar-refractivity contribution in [3.8, 4) is 0 Å². The third kappa shape index (κ3) is 2.31. The Morgan fingerprint density at radius 3 is 2.58 bits per heavy atom. The number of aromatic nitrogens is 3. The van der Waals surface area contributed by atoms with Crippen LogP contribution in [0.2, 0.25) is 0 Å². The predicted molar refractivity (Wildman–Crippen MR) is 68.2 cm³/mol. The Hall–Kier alpha value is -2.31. The van der Waals surface area contributed by atoms with Crippen LogP contribution in [0.5, 0.6) is 0 Å². The van der Waals surface area contributed by atoms with E-state index in [4.69, 9.17) is 4.52 Å². The lowest BCUT2D eigenvalue weighted by atomic mass is 10.2. The fraction of sp³-hybridized carbons (Fsp3) is 0.417. The van der Waals surface area contributed by atoms with E-state index in [0.29, 0.717) is 18.1 Å². The summed E-state index contributed by atoms with van der Waals surface area (Å²) in [5, 5.41) is 20.3. The molecule has 2 rings (SSSR count). The van der Waals surface area contributed by atoms with Crippen molar-refractivity contribution < 1.29 is 14.4 Å². The Kier molecular flexibility index (Phi) is 3.28. The molecule has 0 aliphatic rings. The van der Waals surface area contributed by atoms with Crippen LogP contribution in [0.25, 0.3) is 0 Å². The predicted octanol–water partition coefficient (Wildman–Crippen LogP) is 1.64. The maximum atomic E-state index is 11.2. The number of nitrogens with zero attached hydrogens (tertiary/aromatic N) is 3. The molecule has 7 nitrogen and oxygen atoms in total. The molecule has 0 amide bonds. The average molecular weight is 264 g/mol. The van der Waals surface area contributed by atoms with Crippen molar-refractivity contribution in [3.63, 3.8) is 0 Å². The van der Waals surface area contributed by atoms with E-state index < -0.39 is 5.97 Å². The van der Waals surface area contributed by atoms with Crippen LogP contribution in [0.15, 0.2) is 4.52 Å². The molecule has 0 unspecified atom stereocenters. The molecular weight excluding hydrogens is 248 g/mol. The molecule has 0 aliphatic heterocycles. The zero-order valence-electron chi connectivity index (χ0n) is 11.3. The number of hydrogen-bond acceptors (Lipinski definition) is 5. The molecule has 2 aromatic rings. The number of carboxylic acid groups (broad SMARTS) is 1. The molecule has 19 heavy (non-hydrogen) atoms. The topological polar surface area (TPSA) is 93.2 Å². The van der Waals surface area contributed by atoms with Crippen LogP contribution in [-0.4, -0.2) is 26.0 Å². The van der Waals surface area contributed by atoms with Crippen molar-refractivity contribution in [1.82, 2.24) is 14.9 Å². The first-order valence-electron chi connectivity index (χ1n) is 5.84. The van der Waals surface area contributed by atoms with Crippen LogP contribution in [0.3, 0.4) is 0 Å². The number of anilines is 1.